The van der Waals surface area contributed by atoms with Crippen LogP contribution in [-0.2, 0) is 6.42 Å². The van der Waals surface area contributed by atoms with E-state index in [1.807, 2.05) is 18.2 Å². The van der Waals surface area contributed by atoms with Gasteiger partial charge in [-0.2, -0.15) is 0 Å². The van der Waals surface area contributed by atoms with Crippen LogP contribution in [0.2, 0.25) is 0 Å². The third-order valence-electron chi connectivity index (χ3n) is 3.60. The lowest BCUT2D eigenvalue weighted by Crippen LogP contribution is -2.47. The fourth-order valence-corrected chi connectivity index (χ4v) is 3.10. The molecule has 1 nitrogen and oxygen atoms in total. The van der Waals surface area contributed by atoms with Crippen molar-refractivity contribution in [3.63, 3.8) is 0 Å². The third kappa shape index (κ3) is 2.12. The van der Waals surface area contributed by atoms with Crippen molar-refractivity contribution < 1.29 is 4.79 Å². The molecule has 1 aromatic rings. The van der Waals surface area contributed by atoms with Gasteiger partial charge in [0.1, 0.15) is 0 Å². The van der Waals surface area contributed by atoms with Crippen LogP contribution in [0.15, 0.2) is 22.7 Å². The molecule has 0 saturated carbocycles. The molecule has 1 aliphatic carbocycles. The standard InChI is InChI=1S/C14H16Br2O/c1-13(2,3)14(16)7-6-9-4-5-10(15)8-11(9)12(14)17/h4-5,8H,6-7H2,1-3H3. The average molecular weight is 360 g/mol. The second kappa shape index (κ2) is 4.20. The average Bonchev–Trinajstić information content (AvgIpc) is 2.23. The molecule has 1 aliphatic rings. The fraction of sp³-hybridized carbons (Fsp3) is 0.500. The zero-order chi connectivity index (χ0) is 12.8. The molecule has 2 rings (SSSR count). The van der Waals surface area contributed by atoms with Crippen molar-refractivity contribution in [1.82, 2.24) is 0 Å². The summed E-state index contributed by atoms with van der Waals surface area (Å²) in [6, 6.07) is 6.00. The quantitative estimate of drug-likeness (QED) is 0.610. The molecule has 1 atom stereocenters. The van der Waals surface area contributed by atoms with E-state index in [0.29, 0.717) is 0 Å². The first-order chi connectivity index (χ1) is 7.75. The number of carbonyl (C=O) groups excluding carboxylic acids is 1. The minimum absolute atomic E-state index is 0.0793. The molecule has 0 spiro atoms. The zero-order valence-corrected chi connectivity index (χ0v) is 13.5. The minimum Gasteiger partial charge on any atom is -0.293 e. The van der Waals surface area contributed by atoms with Gasteiger partial charge in [0.05, 0.1) is 4.32 Å². The molecular weight excluding hydrogens is 344 g/mol. The summed E-state index contributed by atoms with van der Waals surface area (Å²) in [5.41, 5.74) is 1.94. The first-order valence-corrected chi connectivity index (χ1v) is 7.36. The van der Waals surface area contributed by atoms with Crippen molar-refractivity contribution in [1.29, 1.82) is 0 Å². The highest BCUT2D eigenvalue weighted by molar-refractivity contribution is 9.10. The van der Waals surface area contributed by atoms with Gasteiger partial charge in [-0.25, -0.2) is 0 Å². The number of halogens is 2. The second-order valence-corrected chi connectivity index (χ2v) is 7.95. The number of Topliss-reactive ketones (excluding diaryl/α,β-unsaturated/α-hetero) is 1. The van der Waals surface area contributed by atoms with E-state index in [-0.39, 0.29) is 11.2 Å². The summed E-state index contributed by atoms with van der Waals surface area (Å²) in [5, 5.41) is 0. The van der Waals surface area contributed by atoms with E-state index in [2.05, 4.69) is 52.6 Å². The third-order valence-corrected chi connectivity index (χ3v) is 6.04. The highest BCUT2D eigenvalue weighted by atomic mass is 79.9. The van der Waals surface area contributed by atoms with Crippen molar-refractivity contribution in [3.8, 4) is 0 Å². The van der Waals surface area contributed by atoms with Crippen molar-refractivity contribution in [2.75, 3.05) is 0 Å². The molecule has 17 heavy (non-hydrogen) atoms. The van der Waals surface area contributed by atoms with Crippen molar-refractivity contribution in [2.24, 2.45) is 5.41 Å². The van der Waals surface area contributed by atoms with Crippen LogP contribution in [0.4, 0.5) is 0 Å². The SMILES string of the molecule is CC(C)(C)C1(Br)CCc2ccc(Br)cc2C1=O. The molecule has 0 amide bonds. The summed E-state index contributed by atoms with van der Waals surface area (Å²) >= 11 is 7.15. The highest BCUT2D eigenvalue weighted by Crippen LogP contribution is 2.47. The molecule has 0 N–H and O–H groups in total. The molecule has 1 unspecified atom stereocenters. The molecule has 3 heteroatoms. The molecular formula is C14H16Br2O. The molecule has 0 aliphatic heterocycles. The number of benzene rings is 1. The van der Waals surface area contributed by atoms with Crippen molar-refractivity contribution in [2.45, 2.75) is 37.9 Å². The Bertz CT molecular complexity index is 474. The van der Waals surface area contributed by atoms with E-state index in [9.17, 15) is 4.79 Å². The minimum atomic E-state index is -0.437. The van der Waals surface area contributed by atoms with Crippen LogP contribution in [0.5, 0.6) is 0 Å². The normalized spacial score (nSPS) is 24.6. The first kappa shape index (κ1) is 13.3. The highest BCUT2D eigenvalue weighted by Gasteiger charge is 2.48. The predicted molar refractivity (Wildman–Crippen MR) is 77.9 cm³/mol. The smallest absolute Gasteiger partial charge is 0.180 e. The Balaban J connectivity index is 2.53. The van der Waals surface area contributed by atoms with E-state index < -0.39 is 4.32 Å². The molecule has 92 valence electrons. The Labute approximate surface area is 119 Å². The molecule has 0 fully saturated rings. The van der Waals surface area contributed by atoms with Gasteiger partial charge in [-0.05, 0) is 36.0 Å². The number of fused-ring (bicyclic) bond motifs is 1. The Kier molecular flexibility index (Phi) is 3.28. The van der Waals surface area contributed by atoms with Crippen molar-refractivity contribution >= 4 is 37.6 Å². The molecule has 0 heterocycles. The topological polar surface area (TPSA) is 17.1 Å². The lowest BCUT2D eigenvalue weighted by molar-refractivity contribution is 0.0849. The summed E-state index contributed by atoms with van der Waals surface area (Å²) < 4.78 is 0.531. The van der Waals surface area contributed by atoms with E-state index in [0.717, 1.165) is 28.4 Å². The van der Waals surface area contributed by atoms with Gasteiger partial charge < -0.3 is 0 Å². The Morgan fingerprint density at radius 2 is 1.94 bits per heavy atom. The maximum absolute atomic E-state index is 12.7. The molecule has 1 aromatic carbocycles. The van der Waals surface area contributed by atoms with Crippen LogP contribution >= 0.6 is 31.9 Å². The van der Waals surface area contributed by atoms with Crippen LogP contribution in [0, 0.1) is 5.41 Å². The number of carbonyl (C=O) groups is 1. The fourth-order valence-electron chi connectivity index (χ4n) is 2.33. The van der Waals surface area contributed by atoms with Crippen LogP contribution in [-0.4, -0.2) is 10.1 Å². The summed E-state index contributed by atoms with van der Waals surface area (Å²) in [6.45, 7) is 6.34. The largest absolute Gasteiger partial charge is 0.293 e. The number of hydrogen-bond acceptors (Lipinski definition) is 1. The summed E-state index contributed by atoms with van der Waals surface area (Å²) in [7, 11) is 0. The van der Waals surface area contributed by atoms with Gasteiger partial charge in [-0.3, -0.25) is 4.79 Å². The lowest BCUT2D eigenvalue weighted by Gasteiger charge is -2.41. The second-order valence-electron chi connectivity index (χ2n) is 5.68. The van der Waals surface area contributed by atoms with Crippen LogP contribution in [0.1, 0.15) is 43.1 Å². The number of ketones is 1. The van der Waals surface area contributed by atoms with Gasteiger partial charge in [0.15, 0.2) is 5.78 Å². The summed E-state index contributed by atoms with van der Waals surface area (Å²) in [6.07, 6.45) is 1.82. The van der Waals surface area contributed by atoms with E-state index in [1.54, 1.807) is 0 Å². The van der Waals surface area contributed by atoms with Gasteiger partial charge in [-0.1, -0.05) is 58.7 Å². The monoisotopic (exact) mass is 358 g/mol. The van der Waals surface area contributed by atoms with Crippen LogP contribution < -0.4 is 0 Å². The molecule has 0 radical (unpaired) electrons. The van der Waals surface area contributed by atoms with Crippen molar-refractivity contribution in [3.05, 3.63) is 33.8 Å². The van der Waals surface area contributed by atoms with Crippen LogP contribution in [0.25, 0.3) is 0 Å². The van der Waals surface area contributed by atoms with Gasteiger partial charge in [0.2, 0.25) is 0 Å². The first-order valence-electron chi connectivity index (χ1n) is 5.78. The predicted octanol–water partition coefficient (Wildman–Crippen LogP) is 4.76. The number of aryl methyl sites for hydroxylation is 1. The number of rotatable bonds is 0. The molecule has 0 aromatic heterocycles. The molecule has 0 saturated heterocycles. The van der Waals surface area contributed by atoms with E-state index in [1.165, 1.54) is 0 Å². The van der Waals surface area contributed by atoms with E-state index in [4.69, 9.17) is 0 Å². The number of hydrogen-bond donors (Lipinski definition) is 0. The number of alkyl halides is 1. The maximum atomic E-state index is 12.7. The lowest BCUT2D eigenvalue weighted by atomic mass is 9.69. The van der Waals surface area contributed by atoms with E-state index >= 15 is 0 Å². The Morgan fingerprint density at radius 3 is 2.53 bits per heavy atom. The summed E-state index contributed by atoms with van der Waals surface area (Å²) in [5.74, 6) is 0.215. The van der Waals surface area contributed by atoms with Gasteiger partial charge in [0, 0.05) is 10.0 Å². The zero-order valence-electron chi connectivity index (χ0n) is 10.3. The molecule has 0 bridgehead atoms. The van der Waals surface area contributed by atoms with Gasteiger partial charge in [-0.15, -0.1) is 0 Å². The van der Waals surface area contributed by atoms with Crippen LogP contribution in [0.3, 0.4) is 0 Å². The maximum Gasteiger partial charge on any atom is 0.180 e. The Hall–Kier alpha value is -0.150. The van der Waals surface area contributed by atoms with Gasteiger partial charge >= 0.3 is 0 Å². The Morgan fingerprint density at radius 1 is 1.29 bits per heavy atom. The van der Waals surface area contributed by atoms with Gasteiger partial charge in [0.25, 0.3) is 0 Å². The summed E-state index contributed by atoms with van der Waals surface area (Å²) in [4.78, 5) is 12.7.